The number of nitrogens with one attached hydrogen (secondary N) is 1. The molecule has 0 radical (unpaired) electrons. The summed E-state index contributed by atoms with van der Waals surface area (Å²) in [4.78, 5) is 18.5. The number of aryl methyl sites for hydroxylation is 2. The van der Waals surface area contributed by atoms with E-state index in [1.54, 1.807) is 0 Å². The summed E-state index contributed by atoms with van der Waals surface area (Å²) < 4.78 is 5.60. The maximum atomic E-state index is 12.7. The number of rotatable bonds is 6. The SMILES string of the molecule is Cc1cc(C)cc(C2=NOC3(CCCC3)N2NC(=O)COCc2ccccc2)c1. The van der Waals surface area contributed by atoms with Crippen molar-refractivity contribution in [2.45, 2.75) is 51.9 Å². The molecule has 0 atom stereocenters. The third kappa shape index (κ3) is 4.27. The van der Waals surface area contributed by atoms with Crippen LogP contribution < -0.4 is 5.43 Å². The highest BCUT2D eigenvalue weighted by molar-refractivity contribution is 6.00. The second kappa shape index (κ2) is 8.25. The zero-order valence-corrected chi connectivity index (χ0v) is 17.0. The van der Waals surface area contributed by atoms with Gasteiger partial charge in [-0.05, 0) is 44.4 Å². The van der Waals surface area contributed by atoms with E-state index in [0.29, 0.717) is 12.4 Å². The van der Waals surface area contributed by atoms with Gasteiger partial charge >= 0.3 is 0 Å². The van der Waals surface area contributed by atoms with E-state index in [2.05, 4.69) is 42.6 Å². The van der Waals surface area contributed by atoms with Crippen molar-refractivity contribution >= 4 is 11.7 Å². The first-order chi connectivity index (χ1) is 14.1. The highest BCUT2D eigenvalue weighted by atomic mass is 16.7. The van der Waals surface area contributed by atoms with Crippen molar-refractivity contribution in [1.29, 1.82) is 0 Å². The Labute approximate surface area is 171 Å². The highest BCUT2D eigenvalue weighted by Crippen LogP contribution is 2.40. The van der Waals surface area contributed by atoms with Gasteiger partial charge in [0.25, 0.3) is 5.91 Å². The molecule has 1 aliphatic carbocycles. The van der Waals surface area contributed by atoms with Crippen LogP contribution in [-0.2, 0) is 21.0 Å². The van der Waals surface area contributed by atoms with Gasteiger partial charge in [0, 0.05) is 18.4 Å². The molecular weight excluding hydrogens is 366 g/mol. The Kier molecular flexibility index (Phi) is 5.53. The van der Waals surface area contributed by atoms with Gasteiger partial charge in [0.2, 0.25) is 5.72 Å². The Morgan fingerprint density at radius 3 is 2.52 bits per heavy atom. The van der Waals surface area contributed by atoms with Gasteiger partial charge < -0.3 is 9.57 Å². The van der Waals surface area contributed by atoms with Crippen LogP contribution in [0.4, 0.5) is 0 Å². The van der Waals surface area contributed by atoms with Crippen molar-refractivity contribution in [1.82, 2.24) is 10.4 Å². The number of carbonyl (C=O) groups excluding carboxylic acids is 1. The van der Waals surface area contributed by atoms with Crippen molar-refractivity contribution in [2.24, 2.45) is 5.16 Å². The lowest BCUT2D eigenvalue weighted by atomic mass is 10.1. The van der Waals surface area contributed by atoms with Crippen LogP contribution in [0.25, 0.3) is 0 Å². The van der Waals surface area contributed by atoms with Crippen molar-refractivity contribution < 1.29 is 14.4 Å². The van der Waals surface area contributed by atoms with Crippen LogP contribution in [0.5, 0.6) is 0 Å². The molecule has 6 heteroatoms. The quantitative estimate of drug-likeness (QED) is 0.811. The van der Waals surface area contributed by atoms with E-state index in [4.69, 9.17) is 9.57 Å². The summed E-state index contributed by atoms with van der Waals surface area (Å²) in [5.41, 5.74) is 6.67. The molecule has 6 nitrogen and oxygen atoms in total. The number of hydrazine groups is 1. The third-order valence-electron chi connectivity index (χ3n) is 5.37. The summed E-state index contributed by atoms with van der Waals surface area (Å²) in [7, 11) is 0. The molecule has 1 amide bonds. The lowest BCUT2D eigenvalue weighted by Crippen LogP contribution is -2.57. The van der Waals surface area contributed by atoms with Crippen LogP contribution in [0.1, 0.15) is 47.9 Å². The maximum absolute atomic E-state index is 12.7. The molecule has 0 bridgehead atoms. The fourth-order valence-corrected chi connectivity index (χ4v) is 4.08. The molecular formula is C23H27N3O3. The van der Waals surface area contributed by atoms with E-state index >= 15 is 0 Å². The minimum atomic E-state index is -0.595. The minimum Gasteiger partial charge on any atom is -0.367 e. The van der Waals surface area contributed by atoms with E-state index in [1.165, 1.54) is 0 Å². The van der Waals surface area contributed by atoms with Crippen LogP contribution in [-0.4, -0.2) is 29.1 Å². The molecule has 1 heterocycles. The Balaban J connectivity index is 1.46. The lowest BCUT2D eigenvalue weighted by molar-refractivity contribution is -0.144. The molecule has 1 N–H and O–H groups in total. The first-order valence-electron chi connectivity index (χ1n) is 10.1. The Bertz CT molecular complexity index is 885. The summed E-state index contributed by atoms with van der Waals surface area (Å²) in [6.07, 6.45) is 3.75. The van der Waals surface area contributed by atoms with Gasteiger partial charge in [0.15, 0.2) is 5.84 Å². The number of amidine groups is 1. The van der Waals surface area contributed by atoms with E-state index < -0.39 is 5.72 Å². The van der Waals surface area contributed by atoms with Gasteiger partial charge in [0.05, 0.1) is 6.61 Å². The Hall–Kier alpha value is -2.86. The monoisotopic (exact) mass is 393 g/mol. The standard InChI is InChI=1S/C23H27N3O3/c1-17-12-18(2)14-20(13-17)22-25-29-23(10-6-7-11-23)26(22)24-21(27)16-28-15-19-8-4-3-5-9-19/h3-5,8-9,12-14H,6-7,10-11,15-16H2,1-2H3,(H,24,27). The summed E-state index contributed by atoms with van der Waals surface area (Å²) >= 11 is 0. The van der Waals surface area contributed by atoms with E-state index in [0.717, 1.165) is 47.9 Å². The van der Waals surface area contributed by atoms with Gasteiger partial charge in [-0.3, -0.25) is 10.2 Å². The number of ether oxygens (including phenoxy) is 1. The number of hydrogen-bond acceptors (Lipinski definition) is 5. The topological polar surface area (TPSA) is 63.2 Å². The van der Waals surface area contributed by atoms with Crippen LogP contribution in [0.2, 0.25) is 0 Å². The second-order valence-electron chi connectivity index (χ2n) is 7.88. The van der Waals surface area contributed by atoms with Crippen LogP contribution >= 0.6 is 0 Å². The number of amides is 1. The summed E-state index contributed by atoms with van der Waals surface area (Å²) in [6, 6.07) is 16.1. The first kappa shape index (κ1) is 19.5. The van der Waals surface area contributed by atoms with Gasteiger partial charge in [-0.15, -0.1) is 0 Å². The fraction of sp³-hybridized carbons (Fsp3) is 0.391. The number of hydrogen-bond donors (Lipinski definition) is 1. The molecule has 4 rings (SSSR count). The summed E-state index contributed by atoms with van der Waals surface area (Å²) in [5.74, 6) is 0.435. The molecule has 0 aromatic heterocycles. The van der Waals surface area contributed by atoms with Gasteiger partial charge in [-0.2, -0.15) is 0 Å². The molecule has 1 fully saturated rings. The van der Waals surface area contributed by atoms with Crippen molar-refractivity contribution in [3.63, 3.8) is 0 Å². The highest BCUT2D eigenvalue weighted by Gasteiger charge is 2.49. The normalized spacial score (nSPS) is 17.3. The number of benzene rings is 2. The Morgan fingerprint density at radius 2 is 1.83 bits per heavy atom. The predicted octanol–water partition coefficient (Wildman–Crippen LogP) is 3.82. The zero-order chi connectivity index (χ0) is 20.3. The molecule has 29 heavy (non-hydrogen) atoms. The molecule has 2 aromatic rings. The molecule has 1 spiro atoms. The molecule has 0 unspecified atom stereocenters. The van der Waals surface area contributed by atoms with Gasteiger partial charge in [0.1, 0.15) is 6.61 Å². The summed E-state index contributed by atoms with van der Waals surface area (Å²) in [5, 5.41) is 6.19. The van der Waals surface area contributed by atoms with Crippen molar-refractivity contribution in [2.75, 3.05) is 6.61 Å². The average Bonchev–Trinajstić information content (AvgIpc) is 3.30. The average molecular weight is 393 g/mol. The fourth-order valence-electron chi connectivity index (χ4n) is 4.08. The van der Waals surface area contributed by atoms with Gasteiger partial charge in [-0.1, -0.05) is 52.7 Å². The summed E-state index contributed by atoms with van der Waals surface area (Å²) in [6.45, 7) is 4.48. The van der Waals surface area contributed by atoms with Crippen molar-refractivity contribution in [3.05, 3.63) is 70.8 Å². The van der Waals surface area contributed by atoms with E-state index in [-0.39, 0.29) is 12.5 Å². The predicted molar refractivity (Wildman–Crippen MR) is 111 cm³/mol. The molecule has 1 saturated carbocycles. The van der Waals surface area contributed by atoms with Crippen LogP contribution in [0.15, 0.2) is 53.7 Å². The van der Waals surface area contributed by atoms with Crippen molar-refractivity contribution in [3.8, 4) is 0 Å². The lowest BCUT2D eigenvalue weighted by Gasteiger charge is -2.34. The third-order valence-corrected chi connectivity index (χ3v) is 5.37. The molecule has 2 aromatic carbocycles. The first-order valence-corrected chi connectivity index (χ1v) is 10.1. The maximum Gasteiger partial charge on any atom is 0.264 e. The number of nitrogens with zero attached hydrogens (tertiary/aromatic N) is 2. The second-order valence-corrected chi connectivity index (χ2v) is 7.88. The largest absolute Gasteiger partial charge is 0.367 e. The van der Waals surface area contributed by atoms with Crippen LogP contribution in [0, 0.1) is 13.8 Å². The van der Waals surface area contributed by atoms with Gasteiger partial charge in [-0.25, -0.2) is 5.01 Å². The zero-order valence-electron chi connectivity index (χ0n) is 17.0. The number of oxime groups is 1. The Morgan fingerprint density at radius 1 is 1.14 bits per heavy atom. The number of carbonyl (C=O) groups is 1. The van der Waals surface area contributed by atoms with E-state index in [9.17, 15) is 4.79 Å². The molecule has 1 aliphatic heterocycles. The molecule has 0 saturated heterocycles. The minimum absolute atomic E-state index is 0.0262. The molecule has 2 aliphatic rings. The van der Waals surface area contributed by atoms with E-state index in [1.807, 2.05) is 35.3 Å². The smallest absolute Gasteiger partial charge is 0.264 e. The molecule has 152 valence electrons. The van der Waals surface area contributed by atoms with Crippen LogP contribution in [0.3, 0.4) is 0 Å².